The van der Waals surface area contributed by atoms with Crippen molar-refractivity contribution < 1.29 is 4.79 Å². The molecule has 3 rings (SSSR count). The Kier molecular flexibility index (Phi) is 4.79. The lowest BCUT2D eigenvalue weighted by atomic mass is 10.2. The van der Waals surface area contributed by atoms with Crippen LogP contribution in [0.15, 0.2) is 47.8 Å². The SMILES string of the molecule is Cc1cc(-c2cccs2)nn1CCNC(=O)c1cccc(Cl)c1. The Labute approximate surface area is 143 Å². The van der Waals surface area contributed by atoms with Crippen LogP contribution in [0.4, 0.5) is 0 Å². The van der Waals surface area contributed by atoms with Crippen molar-refractivity contribution >= 4 is 28.8 Å². The Balaban J connectivity index is 1.60. The third-order valence-electron chi connectivity index (χ3n) is 3.45. The molecule has 0 bridgehead atoms. The Bertz CT molecular complexity index is 811. The molecule has 0 saturated heterocycles. The average Bonchev–Trinajstić information content (AvgIpc) is 3.17. The van der Waals surface area contributed by atoms with E-state index < -0.39 is 0 Å². The zero-order valence-electron chi connectivity index (χ0n) is 12.6. The Morgan fingerprint density at radius 3 is 2.91 bits per heavy atom. The van der Waals surface area contributed by atoms with Crippen molar-refractivity contribution in [2.75, 3.05) is 6.54 Å². The van der Waals surface area contributed by atoms with Gasteiger partial charge in [0.2, 0.25) is 0 Å². The van der Waals surface area contributed by atoms with Crippen LogP contribution in [0.1, 0.15) is 16.1 Å². The maximum atomic E-state index is 12.1. The van der Waals surface area contributed by atoms with E-state index in [0.717, 1.165) is 16.3 Å². The Morgan fingerprint density at radius 1 is 1.30 bits per heavy atom. The van der Waals surface area contributed by atoms with Gasteiger partial charge in [0.15, 0.2) is 0 Å². The van der Waals surface area contributed by atoms with E-state index in [1.807, 2.05) is 23.1 Å². The molecule has 0 aliphatic heterocycles. The topological polar surface area (TPSA) is 46.9 Å². The van der Waals surface area contributed by atoms with Gasteiger partial charge in [-0.2, -0.15) is 5.10 Å². The number of hydrogen-bond donors (Lipinski definition) is 1. The molecule has 2 heterocycles. The fourth-order valence-corrected chi connectivity index (χ4v) is 3.16. The highest BCUT2D eigenvalue weighted by Crippen LogP contribution is 2.23. The molecule has 0 saturated carbocycles. The minimum atomic E-state index is -0.129. The highest BCUT2D eigenvalue weighted by Gasteiger charge is 2.09. The quantitative estimate of drug-likeness (QED) is 0.759. The number of amides is 1. The van der Waals surface area contributed by atoms with Crippen LogP contribution in [0.5, 0.6) is 0 Å². The highest BCUT2D eigenvalue weighted by molar-refractivity contribution is 7.13. The predicted molar refractivity (Wildman–Crippen MR) is 94.1 cm³/mol. The first-order valence-electron chi connectivity index (χ1n) is 7.25. The van der Waals surface area contributed by atoms with Crippen LogP contribution in [0.3, 0.4) is 0 Å². The van der Waals surface area contributed by atoms with Gasteiger partial charge in [0.1, 0.15) is 5.69 Å². The molecule has 0 radical (unpaired) electrons. The first kappa shape index (κ1) is 15.8. The fourth-order valence-electron chi connectivity index (χ4n) is 2.29. The summed E-state index contributed by atoms with van der Waals surface area (Å²) < 4.78 is 1.91. The molecule has 3 aromatic rings. The number of hydrogen-bond acceptors (Lipinski definition) is 3. The lowest BCUT2D eigenvalue weighted by Crippen LogP contribution is -2.27. The van der Waals surface area contributed by atoms with Crippen LogP contribution >= 0.6 is 22.9 Å². The van der Waals surface area contributed by atoms with E-state index in [1.54, 1.807) is 35.6 Å². The van der Waals surface area contributed by atoms with E-state index in [2.05, 4.69) is 22.5 Å². The molecular formula is C17H16ClN3OS. The van der Waals surface area contributed by atoms with Gasteiger partial charge < -0.3 is 5.32 Å². The summed E-state index contributed by atoms with van der Waals surface area (Å²) in [4.78, 5) is 13.2. The molecular weight excluding hydrogens is 330 g/mol. The molecule has 1 aromatic carbocycles. The van der Waals surface area contributed by atoms with Gasteiger partial charge in [0.05, 0.1) is 11.4 Å². The molecule has 0 unspecified atom stereocenters. The fraction of sp³-hybridized carbons (Fsp3) is 0.176. The van der Waals surface area contributed by atoms with Crippen molar-refractivity contribution in [1.29, 1.82) is 0 Å². The third-order valence-corrected chi connectivity index (χ3v) is 4.58. The second-order valence-corrected chi connectivity index (χ2v) is 6.52. The van der Waals surface area contributed by atoms with Crippen LogP contribution in [-0.2, 0) is 6.54 Å². The molecule has 1 N–H and O–H groups in total. The van der Waals surface area contributed by atoms with Crippen LogP contribution in [0, 0.1) is 6.92 Å². The van der Waals surface area contributed by atoms with Gasteiger partial charge in [0.25, 0.3) is 5.91 Å². The molecule has 23 heavy (non-hydrogen) atoms. The number of carbonyl (C=O) groups is 1. The maximum Gasteiger partial charge on any atom is 0.251 e. The summed E-state index contributed by atoms with van der Waals surface area (Å²) in [6.45, 7) is 3.16. The summed E-state index contributed by atoms with van der Waals surface area (Å²) in [5, 5.41) is 10.1. The Morgan fingerprint density at radius 2 is 2.17 bits per heavy atom. The van der Waals surface area contributed by atoms with Gasteiger partial charge in [-0.15, -0.1) is 11.3 Å². The van der Waals surface area contributed by atoms with Crippen molar-refractivity contribution in [3.63, 3.8) is 0 Å². The summed E-state index contributed by atoms with van der Waals surface area (Å²) >= 11 is 7.57. The zero-order chi connectivity index (χ0) is 16.2. The van der Waals surface area contributed by atoms with Crippen molar-refractivity contribution in [2.24, 2.45) is 0 Å². The molecule has 0 fully saturated rings. The summed E-state index contributed by atoms with van der Waals surface area (Å²) in [6, 6.07) is 13.0. The van der Waals surface area contributed by atoms with E-state index in [0.29, 0.717) is 23.7 Å². The number of thiophene rings is 1. The zero-order valence-corrected chi connectivity index (χ0v) is 14.2. The lowest BCUT2D eigenvalue weighted by Gasteiger charge is -2.07. The molecule has 0 aliphatic carbocycles. The number of halogens is 1. The normalized spacial score (nSPS) is 10.7. The second-order valence-electron chi connectivity index (χ2n) is 5.14. The molecule has 2 aromatic heterocycles. The van der Waals surface area contributed by atoms with Crippen molar-refractivity contribution in [2.45, 2.75) is 13.5 Å². The number of nitrogens with one attached hydrogen (secondary N) is 1. The van der Waals surface area contributed by atoms with E-state index in [4.69, 9.17) is 11.6 Å². The molecule has 0 atom stereocenters. The first-order chi connectivity index (χ1) is 11.1. The third kappa shape index (κ3) is 3.81. The van der Waals surface area contributed by atoms with Crippen LogP contribution < -0.4 is 5.32 Å². The standard InChI is InChI=1S/C17H16ClN3OS/c1-12-10-15(16-6-3-9-23-16)20-21(12)8-7-19-17(22)13-4-2-5-14(18)11-13/h2-6,9-11H,7-8H2,1H3,(H,19,22). The van der Waals surface area contributed by atoms with Gasteiger partial charge in [-0.1, -0.05) is 23.7 Å². The van der Waals surface area contributed by atoms with Crippen LogP contribution in [0.2, 0.25) is 5.02 Å². The minimum Gasteiger partial charge on any atom is -0.350 e. The highest BCUT2D eigenvalue weighted by atomic mass is 35.5. The lowest BCUT2D eigenvalue weighted by molar-refractivity contribution is 0.0952. The summed E-state index contributed by atoms with van der Waals surface area (Å²) in [5.74, 6) is -0.129. The summed E-state index contributed by atoms with van der Waals surface area (Å²) in [6.07, 6.45) is 0. The van der Waals surface area contributed by atoms with Crippen molar-refractivity contribution in [3.8, 4) is 10.6 Å². The van der Waals surface area contributed by atoms with E-state index in [1.165, 1.54) is 0 Å². The van der Waals surface area contributed by atoms with Gasteiger partial charge in [0, 0.05) is 22.8 Å². The predicted octanol–water partition coefficient (Wildman–Crippen LogP) is 4.00. The van der Waals surface area contributed by atoms with Crippen molar-refractivity contribution in [1.82, 2.24) is 15.1 Å². The number of aryl methyl sites for hydroxylation is 1. The van der Waals surface area contributed by atoms with Gasteiger partial charge >= 0.3 is 0 Å². The van der Waals surface area contributed by atoms with Gasteiger partial charge in [-0.25, -0.2) is 0 Å². The molecule has 4 nitrogen and oxygen atoms in total. The smallest absolute Gasteiger partial charge is 0.251 e. The van der Waals surface area contributed by atoms with Crippen LogP contribution in [-0.4, -0.2) is 22.2 Å². The minimum absolute atomic E-state index is 0.129. The molecule has 0 spiro atoms. The monoisotopic (exact) mass is 345 g/mol. The largest absolute Gasteiger partial charge is 0.350 e. The van der Waals surface area contributed by atoms with E-state index in [-0.39, 0.29) is 5.91 Å². The molecule has 1 amide bonds. The number of rotatable bonds is 5. The molecule has 6 heteroatoms. The van der Waals surface area contributed by atoms with E-state index in [9.17, 15) is 4.79 Å². The van der Waals surface area contributed by atoms with Crippen molar-refractivity contribution in [3.05, 3.63) is 64.1 Å². The second kappa shape index (κ2) is 6.98. The van der Waals surface area contributed by atoms with Gasteiger partial charge in [-0.05, 0) is 42.6 Å². The van der Waals surface area contributed by atoms with Crippen LogP contribution in [0.25, 0.3) is 10.6 Å². The van der Waals surface area contributed by atoms with E-state index >= 15 is 0 Å². The number of carbonyl (C=O) groups excluding carboxylic acids is 1. The average molecular weight is 346 g/mol. The number of aromatic nitrogens is 2. The molecule has 0 aliphatic rings. The Hall–Kier alpha value is -2.11. The summed E-state index contributed by atoms with van der Waals surface area (Å²) in [7, 11) is 0. The number of benzene rings is 1. The van der Waals surface area contributed by atoms with Gasteiger partial charge in [-0.3, -0.25) is 9.48 Å². The summed E-state index contributed by atoms with van der Waals surface area (Å²) in [5.41, 5.74) is 2.61. The maximum absolute atomic E-state index is 12.1. The molecule has 118 valence electrons. The number of nitrogens with zero attached hydrogens (tertiary/aromatic N) is 2. The first-order valence-corrected chi connectivity index (χ1v) is 8.51.